The summed E-state index contributed by atoms with van der Waals surface area (Å²) in [6, 6.07) is 0. The van der Waals surface area contributed by atoms with Gasteiger partial charge >= 0.3 is 0 Å². The average molecular weight is 246 g/mol. The SMILES string of the molecule is CC1CCc2nc3nc(C(C)C)[nH]c3nc2CC1.[HH]. The second kappa shape index (κ2) is 4.34. The number of aromatic nitrogens is 4. The van der Waals surface area contributed by atoms with Crippen molar-refractivity contribution in [2.24, 2.45) is 5.92 Å². The Morgan fingerprint density at radius 3 is 2.44 bits per heavy atom. The zero-order valence-corrected chi connectivity index (χ0v) is 11.3. The predicted molar refractivity (Wildman–Crippen MR) is 73.7 cm³/mol. The molecule has 1 aliphatic carbocycles. The van der Waals surface area contributed by atoms with E-state index in [1.54, 1.807) is 0 Å². The van der Waals surface area contributed by atoms with Crippen LogP contribution in [0.2, 0.25) is 0 Å². The first-order valence-electron chi connectivity index (χ1n) is 6.89. The molecule has 2 aromatic rings. The summed E-state index contributed by atoms with van der Waals surface area (Å²) in [5.74, 6) is 2.15. The van der Waals surface area contributed by atoms with E-state index in [2.05, 4.69) is 30.7 Å². The lowest BCUT2D eigenvalue weighted by Gasteiger charge is -2.02. The zero-order valence-electron chi connectivity index (χ0n) is 11.3. The van der Waals surface area contributed by atoms with Gasteiger partial charge in [0.25, 0.3) is 0 Å². The number of nitrogens with one attached hydrogen (secondary N) is 1. The minimum absolute atomic E-state index is 0. The summed E-state index contributed by atoms with van der Waals surface area (Å²) in [5.41, 5.74) is 3.97. The van der Waals surface area contributed by atoms with Gasteiger partial charge < -0.3 is 4.98 Å². The second-order valence-corrected chi connectivity index (χ2v) is 5.75. The first kappa shape index (κ1) is 11.6. The largest absolute Gasteiger partial charge is 0.325 e. The second-order valence-electron chi connectivity index (χ2n) is 5.75. The monoisotopic (exact) mass is 246 g/mol. The number of nitrogens with zero attached hydrogens (tertiary/aromatic N) is 3. The van der Waals surface area contributed by atoms with Gasteiger partial charge in [-0.15, -0.1) is 0 Å². The lowest BCUT2D eigenvalue weighted by molar-refractivity contribution is 0.508. The molecule has 0 saturated carbocycles. The van der Waals surface area contributed by atoms with Crippen LogP contribution in [0.25, 0.3) is 11.3 Å². The Morgan fingerprint density at radius 1 is 1.11 bits per heavy atom. The maximum Gasteiger partial charge on any atom is 0.197 e. The zero-order chi connectivity index (χ0) is 12.7. The minimum atomic E-state index is 0. The molecule has 0 radical (unpaired) electrons. The summed E-state index contributed by atoms with van der Waals surface area (Å²) in [6.45, 7) is 6.57. The van der Waals surface area contributed by atoms with E-state index in [1.165, 1.54) is 18.5 Å². The van der Waals surface area contributed by atoms with E-state index >= 15 is 0 Å². The molecule has 0 fully saturated rings. The van der Waals surface area contributed by atoms with Crippen molar-refractivity contribution in [2.45, 2.75) is 52.4 Å². The molecular weight excluding hydrogens is 224 g/mol. The van der Waals surface area contributed by atoms with Crippen LogP contribution in [0.4, 0.5) is 0 Å². The summed E-state index contributed by atoms with van der Waals surface area (Å²) in [7, 11) is 0. The molecule has 2 heterocycles. The van der Waals surface area contributed by atoms with Crippen LogP contribution in [-0.4, -0.2) is 19.9 Å². The maximum atomic E-state index is 4.73. The van der Waals surface area contributed by atoms with E-state index in [0.717, 1.165) is 41.6 Å². The lowest BCUT2D eigenvalue weighted by Crippen LogP contribution is -1.99. The van der Waals surface area contributed by atoms with Crippen LogP contribution in [0, 0.1) is 5.92 Å². The molecule has 3 rings (SSSR count). The number of aryl methyl sites for hydroxylation is 2. The highest BCUT2D eigenvalue weighted by Crippen LogP contribution is 2.24. The molecule has 4 heteroatoms. The first-order valence-corrected chi connectivity index (χ1v) is 6.89. The van der Waals surface area contributed by atoms with Gasteiger partial charge in [-0.3, -0.25) is 0 Å². The van der Waals surface area contributed by atoms with E-state index in [1.807, 2.05) is 0 Å². The van der Waals surface area contributed by atoms with Crippen LogP contribution >= 0.6 is 0 Å². The Labute approximate surface area is 109 Å². The van der Waals surface area contributed by atoms with Gasteiger partial charge in [-0.2, -0.15) is 0 Å². The molecule has 1 unspecified atom stereocenters. The number of H-pyrrole nitrogens is 1. The molecule has 0 aromatic carbocycles. The van der Waals surface area contributed by atoms with Gasteiger partial charge in [-0.25, -0.2) is 15.0 Å². The first-order chi connectivity index (χ1) is 8.63. The number of aromatic amines is 1. The summed E-state index contributed by atoms with van der Waals surface area (Å²) in [5, 5.41) is 0. The molecule has 4 nitrogen and oxygen atoms in total. The normalized spacial score (nSPS) is 17.1. The molecule has 2 aromatic heterocycles. The fraction of sp³-hybridized carbons (Fsp3) is 0.643. The molecule has 1 atom stereocenters. The summed E-state index contributed by atoms with van der Waals surface area (Å²) in [6.07, 6.45) is 4.53. The fourth-order valence-electron chi connectivity index (χ4n) is 2.50. The van der Waals surface area contributed by atoms with E-state index in [0.29, 0.717) is 5.92 Å². The third-order valence-electron chi connectivity index (χ3n) is 3.80. The highest BCUT2D eigenvalue weighted by Gasteiger charge is 2.18. The highest BCUT2D eigenvalue weighted by molar-refractivity contribution is 5.66. The van der Waals surface area contributed by atoms with E-state index < -0.39 is 0 Å². The van der Waals surface area contributed by atoms with Gasteiger partial charge in [0.1, 0.15) is 5.82 Å². The quantitative estimate of drug-likeness (QED) is 0.786. The van der Waals surface area contributed by atoms with Crippen LogP contribution in [0.1, 0.15) is 58.2 Å². The van der Waals surface area contributed by atoms with Crippen molar-refractivity contribution in [2.75, 3.05) is 0 Å². The number of rotatable bonds is 1. The van der Waals surface area contributed by atoms with Gasteiger partial charge in [-0.1, -0.05) is 20.8 Å². The van der Waals surface area contributed by atoms with Crippen LogP contribution in [0.5, 0.6) is 0 Å². The summed E-state index contributed by atoms with van der Waals surface area (Å²) >= 11 is 0. The molecule has 0 saturated heterocycles. The maximum absolute atomic E-state index is 4.73. The smallest absolute Gasteiger partial charge is 0.197 e. The molecule has 18 heavy (non-hydrogen) atoms. The summed E-state index contributed by atoms with van der Waals surface area (Å²) in [4.78, 5) is 17.3. The van der Waals surface area contributed by atoms with Gasteiger partial charge in [0.2, 0.25) is 0 Å². The van der Waals surface area contributed by atoms with Gasteiger partial charge in [0.15, 0.2) is 11.3 Å². The van der Waals surface area contributed by atoms with Gasteiger partial charge in [0, 0.05) is 7.34 Å². The predicted octanol–water partition coefficient (Wildman–Crippen LogP) is 3.24. The molecule has 0 bridgehead atoms. The molecule has 0 amide bonds. The van der Waals surface area contributed by atoms with E-state index in [9.17, 15) is 0 Å². The van der Waals surface area contributed by atoms with Crippen LogP contribution in [-0.2, 0) is 12.8 Å². The standard InChI is InChI=1S/C14H20N4.H2/c1-8(2)12-17-13-14(18-12)16-11-7-5-9(3)4-6-10(11)15-13;/h8-9H,4-7H2,1-3H3,(H,15,16,17,18);1H. The minimum Gasteiger partial charge on any atom is -0.325 e. The molecule has 0 aliphatic heterocycles. The van der Waals surface area contributed by atoms with Crippen LogP contribution in [0.15, 0.2) is 0 Å². The van der Waals surface area contributed by atoms with Crippen molar-refractivity contribution in [3.05, 3.63) is 17.2 Å². The highest BCUT2D eigenvalue weighted by atomic mass is 15.1. The topological polar surface area (TPSA) is 54.5 Å². The Morgan fingerprint density at radius 2 is 1.78 bits per heavy atom. The van der Waals surface area contributed by atoms with Gasteiger partial charge in [-0.05, 0) is 31.6 Å². The Balaban J connectivity index is 0.00000133. The van der Waals surface area contributed by atoms with E-state index in [4.69, 9.17) is 9.97 Å². The number of hydrogen-bond acceptors (Lipinski definition) is 3. The van der Waals surface area contributed by atoms with Crippen LogP contribution in [0.3, 0.4) is 0 Å². The van der Waals surface area contributed by atoms with Crippen molar-refractivity contribution in [3.8, 4) is 0 Å². The van der Waals surface area contributed by atoms with Crippen molar-refractivity contribution >= 4 is 11.3 Å². The molecule has 1 N–H and O–H groups in total. The molecule has 0 spiro atoms. The van der Waals surface area contributed by atoms with Crippen LogP contribution < -0.4 is 0 Å². The molecular formula is C14H22N4. The fourth-order valence-corrected chi connectivity index (χ4v) is 2.50. The average Bonchev–Trinajstić information content (AvgIpc) is 2.67. The lowest BCUT2D eigenvalue weighted by atomic mass is 10.0. The van der Waals surface area contributed by atoms with Crippen molar-refractivity contribution in [1.29, 1.82) is 0 Å². The third kappa shape index (κ3) is 2.00. The third-order valence-corrected chi connectivity index (χ3v) is 3.80. The molecule has 1 aliphatic rings. The number of hydrogen-bond donors (Lipinski definition) is 1. The Bertz CT molecular complexity index is 531. The van der Waals surface area contributed by atoms with E-state index in [-0.39, 0.29) is 1.43 Å². The number of fused-ring (bicyclic) bond motifs is 2. The number of imidazole rings is 1. The Kier molecular flexibility index (Phi) is 2.80. The Hall–Kier alpha value is -1.45. The summed E-state index contributed by atoms with van der Waals surface area (Å²) < 4.78 is 0. The van der Waals surface area contributed by atoms with Crippen molar-refractivity contribution in [3.63, 3.8) is 0 Å². The molecule has 98 valence electrons. The van der Waals surface area contributed by atoms with Crippen molar-refractivity contribution in [1.82, 2.24) is 19.9 Å². The van der Waals surface area contributed by atoms with Crippen molar-refractivity contribution < 1.29 is 1.43 Å². The van der Waals surface area contributed by atoms with Gasteiger partial charge in [0.05, 0.1) is 11.4 Å².